The van der Waals surface area contributed by atoms with Crippen LogP contribution >= 0.6 is 15.9 Å². The predicted octanol–water partition coefficient (Wildman–Crippen LogP) is 2.32. The molecule has 0 saturated heterocycles. The average molecular weight is 302 g/mol. The Morgan fingerprint density at radius 1 is 1.59 bits per heavy atom. The monoisotopic (exact) mass is 301 g/mol. The third-order valence-electron chi connectivity index (χ3n) is 2.58. The van der Waals surface area contributed by atoms with E-state index in [1.807, 2.05) is 33.9 Å². The minimum absolute atomic E-state index is 0.0327. The number of carbonyl (C=O) groups excluding carboxylic acids is 1. The van der Waals surface area contributed by atoms with Crippen molar-refractivity contribution in [1.29, 1.82) is 0 Å². The summed E-state index contributed by atoms with van der Waals surface area (Å²) in [6.45, 7) is 7.48. The first-order chi connectivity index (χ1) is 7.99. The van der Waals surface area contributed by atoms with Gasteiger partial charge in [-0.05, 0) is 19.4 Å². The molecule has 1 amide bonds. The lowest BCUT2D eigenvalue weighted by Crippen LogP contribution is -2.32. The van der Waals surface area contributed by atoms with Crippen LogP contribution in [0, 0.1) is 0 Å². The minimum atomic E-state index is 0.0327. The molecule has 0 N–H and O–H groups in total. The molecule has 0 radical (unpaired) electrons. The van der Waals surface area contributed by atoms with E-state index in [-0.39, 0.29) is 5.91 Å². The number of carbonyl (C=O) groups is 1. The van der Waals surface area contributed by atoms with Crippen LogP contribution in [0.5, 0.6) is 0 Å². The molecule has 0 saturated carbocycles. The highest BCUT2D eigenvalue weighted by atomic mass is 79.9. The van der Waals surface area contributed by atoms with Crippen LogP contribution in [0.4, 0.5) is 0 Å². The van der Waals surface area contributed by atoms with E-state index >= 15 is 0 Å². The number of halogens is 1. The highest BCUT2D eigenvalue weighted by Gasteiger charge is 2.18. The van der Waals surface area contributed by atoms with Gasteiger partial charge in [0.2, 0.25) is 0 Å². The van der Waals surface area contributed by atoms with E-state index in [2.05, 4.69) is 21.0 Å². The molecule has 1 aromatic rings. The van der Waals surface area contributed by atoms with Crippen LogP contribution in [0.2, 0.25) is 0 Å². The molecular formula is C12H20BrN3O. The van der Waals surface area contributed by atoms with Crippen molar-refractivity contribution < 1.29 is 4.79 Å². The maximum Gasteiger partial charge on any atom is 0.271 e. The quantitative estimate of drug-likeness (QED) is 0.783. The largest absolute Gasteiger partial charge is 0.339 e. The Balaban J connectivity index is 2.90. The lowest BCUT2D eigenvalue weighted by Gasteiger charge is -2.18. The second-order valence-corrected chi connectivity index (χ2v) is 5.72. The van der Waals surface area contributed by atoms with Gasteiger partial charge in [-0.25, -0.2) is 0 Å². The molecule has 0 aliphatic carbocycles. The summed E-state index contributed by atoms with van der Waals surface area (Å²) in [5.41, 5.74) is 1.65. The molecule has 1 atom stereocenters. The molecule has 1 unspecified atom stereocenters. The van der Waals surface area contributed by atoms with E-state index in [1.165, 1.54) is 0 Å². The van der Waals surface area contributed by atoms with E-state index in [0.717, 1.165) is 18.7 Å². The van der Waals surface area contributed by atoms with Crippen molar-refractivity contribution >= 4 is 21.8 Å². The smallest absolute Gasteiger partial charge is 0.271 e. The molecule has 1 aromatic heterocycles. The highest BCUT2D eigenvalue weighted by molar-refractivity contribution is 9.09. The van der Waals surface area contributed by atoms with E-state index in [0.29, 0.717) is 17.1 Å². The Kier molecular flexibility index (Phi) is 5.18. The summed E-state index contributed by atoms with van der Waals surface area (Å²) in [5, 5.41) is 4.39. The molecule has 0 spiro atoms. The first kappa shape index (κ1) is 14.2. The first-order valence-corrected chi connectivity index (χ1v) is 6.87. The van der Waals surface area contributed by atoms with Crippen molar-refractivity contribution in [1.82, 2.24) is 14.7 Å². The Bertz CT molecular complexity index is 387. The summed E-state index contributed by atoms with van der Waals surface area (Å²) in [7, 11) is 1.82. The number of aryl methyl sites for hydroxylation is 2. The fraction of sp³-hybridized carbons (Fsp3) is 0.667. The van der Waals surface area contributed by atoms with Gasteiger partial charge in [0.05, 0.1) is 5.69 Å². The summed E-state index contributed by atoms with van der Waals surface area (Å²) in [6.07, 6.45) is 0.853. The van der Waals surface area contributed by atoms with Crippen molar-refractivity contribution in [2.75, 3.05) is 13.6 Å². The standard InChI is InChI=1S/C12H20BrN3O/c1-5-10-7-11(16(6-2)14-10)12(17)15(4)8-9(3)13/h7,9H,5-6,8H2,1-4H3. The van der Waals surface area contributed by atoms with Crippen LogP contribution in [0.25, 0.3) is 0 Å². The fourth-order valence-electron chi connectivity index (χ4n) is 1.71. The van der Waals surface area contributed by atoms with Gasteiger partial charge < -0.3 is 4.90 Å². The van der Waals surface area contributed by atoms with Gasteiger partial charge in [0.25, 0.3) is 5.91 Å². The number of aromatic nitrogens is 2. The van der Waals surface area contributed by atoms with Crippen LogP contribution in [0.3, 0.4) is 0 Å². The normalized spacial score (nSPS) is 12.5. The van der Waals surface area contributed by atoms with Gasteiger partial charge in [-0.15, -0.1) is 0 Å². The Hall–Kier alpha value is -0.840. The van der Waals surface area contributed by atoms with Crippen molar-refractivity contribution in [3.05, 3.63) is 17.5 Å². The summed E-state index contributed by atoms with van der Waals surface area (Å²) >= 11 is 3.45. The Morgan fingerprint density at radius 2 is 2.24 bits per heavy atom. The number of hydrogen-bond acceptors (Lipinski definition) is 2. The summed E-state index contributed by atoms with van der Waals surface area (Å²) in [6, 6.07) is 1.89. The number of alkyl halides is 1. The van der Waals surface area contributed by atoms with Crippen LogP contribution in [0.15, 0.2) is 6.07 Å². The van der Waals surface area contributed by atoms with E-state index in [9.17, 15) is 4.79 Å². The van der Waals surface area contributed by atoms with Crippen LogP contribution < -0.4 is 0 Å². The van der Waals surface area contributed by atoms with Crippen molar-refractivity contribution in [3.8, 4) is 0 Å². The molecule has 0 bridgehead atoms. The molecule has 0 fully saturated rings. The van der Waals surface area contributed by atoms with Gasteiger partial charge >= 0.3 is 0 Å². The second-order valence-electron chi connectivity index (χ2n) is 4.16. The van der Waals surface area contributed by atoms with Gasteiger partial charge in [0.1, 0.15) is 5.69 Å². The van der Waals surface area contributed by atoms with Crippen LogP contribution in [-0.2, 0) is 13.0 Å². The predicted molar refractivity (Wildman–Crippen MR) is 72.6 cm³/mol. The third-order valence-corrected chi connectivity index (χ3v) is 2.87. The van der Waals surface area contributed by atoms with Crippen molar-refractivity contribution in [2.45, 2.75) is 38.6 Å². The maximum absolute atomic E-state index is 12.2. The summed E-state index contributed by atoms with van der Waals surface area (Å²) in [4.78, 5) is 14.2. The van der Waals surface area contributed by atoms with Crippen molar-refractivity contribution in [3.63, 3.8) is 0 Å². The zero-order valence-electron chi connectivity index (χ0n) is 10.9. The number of rotatable bonds is 5. The van der Waals surface area contributed by atoms with Crippen LogP contribution in [-0.4, -0.2) is 39.0 Å². The second kappa shape index (κ2) is 6.19. The molecule has 4 nitrogen and oxygen atoms in total. The molecule has 1 heterocycles. The highest BCUT2D eigenvalue weighted by Crippen LogP contribution is 2.10. The molecule has 0 aliphatic rings. The molecule has 0 aromatic carbocycles. The van der Waals surface area contributed by atoms with Crippen molar-refractivity contribution in [2.24, 2.45) is 0 Å². The maximum atomic E-state index is 12.2. The van der Waals surface area contributed by atoms with E-state index in [4.69, 9.17) is 0 Å². The van der Waals surface area contributed by atoms with E-state index in [1.54, 1.807) is 9.58 Å². The van der Waals surface area contributed by atoms with Crippen LogP contribution in [0.1, 0.15) is 37.0 Å². The Labute approximate surface area is 111 Å². The molecule has 0 aliphatic heterocycles. The lowest BCUT2D eigenvalue weighted by atomic mass is 10.3. The SMILES string of the molecule is CCc1cc(C(=O)N(C)CC(C)Br)n(CC)n1. The molecule has 96 valence electrons. The summed E-state index contributed by atoms with van der Waals surface area (Å²) < 4.78 is 1.77. The molecule has 1 rings (SSSR count). The molecular weight excluding hydrogens is 282 g/mol. The Morgan fingerprint density at radius 3 is 2.71 bits per heavy atom. The van der Waals surface area contributed by atoms with Gasteiger partial charge in [-0.3, -0.25) is 9.48 Å². The van der Waals surface area contributed by atoms with Gasteiger partial charge in [0, 0.05) is 25.0 Å². The number of nitrogens with zero attached hydrogens (tertiary/aromatic N) is 3. The topological polar surface area (TPSA) is 38.1 Å². The average Bonchev–Trinajstić information content (AvgIpc) is 2.70. The third kappa shape index (κ3) is 3.56. The number of hydrogen-bond donors (Lipinski definition) is 0. The fourth-order valence-corrected chi connectivity index (χ4v) is 2.15. The van der Waals surface area contributed by atoms with E-state index < -0.39 is 0 Å². The zero-order valence-corrected chi connectivity index (χ0v) is 12.5. The molecule has 5 heteroatoms. The lowest BCUT2D eigenvalue weighted by molar-refractivity contribution is 0.0785. The molecule has 17 heavy (non-hydrogen) atoms. The zero-order chi connectivity index (χ0) is 13.0. The van der Waals surface area contributed by atoms with Gasteiger partial charge in [-0.1, -0.05) is 29.8 Å². The minimum Gasteiger partial charge on any atom is -0.339 e. The summed E-state index contributed by atoms with van der Waals surface area (Å²) in [5.74, 6) is 0.0327. The number of amides is 1. The van der Waals surface area contributed by atoms with Gasteiger partial charge in [0.15, 0.2) is 0 Å². The van der Waals surface area contributed by atoms with Gasteiger partial charge in [-0.2, -0.15) is 5.10 Å². The first-order valence-electron chi connectivity index (χ1n) is 5.95.